The summed E-state index contributed by atoms with van der Waals surface area (Å²) >= 11 is 0. The average Bonchev–Trinajstić information content (AvgIpc) is 2.64. The van der Waals surface area contributed by atoms with Gasteiger partial charge in [0.2, 0.25) is 5.95 Å². The van der Waals surface area contributed by atoms with E-state index in [4.69, 9.17) is 0 Å². The Balaban J connectivity index is 2.06. The number of aryl methyl sites for hydroxylation is 1. The van der Waals surface area contributed by atoms with Crippen LogP contribution in [0.25, 0.3) is 0 Å². The van der Waals surface area contributed by atoms with Crippen LogP contribution in [0.3, 0.4) is 0 Å². The highest BCUT2D eigenvalue weighted by atomic mass is 15.3. The summed E-state index contributed by atoms with van der Waals surface area (Å²) < 4.78 is 1.92. The van der Waals surface area contributed by atoms with E-state index in [1.54, 1.807) is 12.4 Å². The van der Waals surface area contributed by atoms with Gasteiger partial charge in [-0.05, 0) is 18.9 Å². The molecule has 17 heavy (non-hydrogen) atoms. The molecule has 0 saturated carbocycles. The van der Waals surface area contributed by atoms with E-state index >= 15 is 0 Å². The second kappa shape index (κ2) is 4.95. The van der Waals surface area contributed by atoms with Crippen molar-refractivity contribution in [3.05, 3.63) is 30.4 Å². The van der Waals surface area contributed by atoms with Crippen molar-refractivity contribution in [3.63, 3.8) is 0 Å². The highest BCUT2D eigenvalue weighted by Gasteiger charge is 2.02. The lowest BCUT2D eigenvalue weighted by Gasteiger charge is -2.04. The lowest BCUT2D eigenvalue weighted by molar-refractivity contribution is 0.483. The SMILES string of the molecule is Cc1ccnc(Nc2cnn(CC(C)C)c2)n1. The number of anilines is 2. The monoisotopic (exact) mass is 231 g/mol. The fraction of sp³-hybridized carbons (Fsp3) is 0.417. The van der Waals surface area contributed by atoms with Crippen LogP contribution in [0, 0.1) is 12.8 Å². The standard InChI is InChI=1S/C12H17N5/c1-9(2)7-17-8-11(6-14-17)16-12-13-5-4-10(3)15-12/h4-6,8-9H,7H2,1-3H3,(H,13,15,16). The number of hydrogen-bond acceptors (Lipinski definition) is 4. The third-order valence-electron chi connectivity index (χ3n) is 2.24. The predicted octanol–water partition coefficient (Wildman–Crippen LogP) is 2.38. The fourth-order valence-electron chi connectivity index (χ4n) is 1.54. The molecule has 90 valence electrons. The van der Waals surface area contributed by atoms with Crippen LogP contribution in [0.15, 0.2) is 24.7 Å². The van der Waals surface area contributed by atoms with Crippen LogP contribution in [0.5, 0.6) is 0 Å². The number of hydrogen-bond donors (Lipinski definition) is 1. The average molecular weight is 231 g/mol. The molecule has 0 aliphatic carbocycles. The predicted molar refractivity (Wildman–Crippen MR) is 67.1 cm³/mol. The van der Waals surface area contributed by atoms with Gasteiger partial charge in [-0.25, -0.2) is 9.97 Å². The van der Waals surface area contributed by atoms with E-state index in [1.165, 1.54) is 0 Å². The summed E-state index contributed by atoms with van der Waals surface area (Å²) in [5, 5.41) is 7.41. The lowest BCUT2D eigenvalue weighted by atomic mass is 10.2. The van der Waals surface area contributed by atoms with Crippen molar-refractivity contribution in [2.75, 3.05) is 5.32 Å². The molecule has 0 unspecified atom stereocenters. The van der Waals surface area contributed by atoms with Crippen molar-refractivity contribution >= 4 is 11.6 Å². The second-order valence-electron chi connectivity index (χ2n) is 4.49. The molecule has 2 aromatic heterocycles. The summed E-state index contributed by atoms with van der Waals surface area (Å²) in [4.78, 5) is 8.43. The van der Waals surface area contributed by atoms with Crippen molar-refractivity contribution in [2.45, 2.75) is 27.3 Å². The van der Waals surface area contributed by atoms with Crippen LogP contribution in [0.2, 0.25) is 0 Å². The molecule has 0 radical (unpaired) electrons. The zero-order valence-electron chi connectivity index (χ0n) is 10.4. The number of aromatic nitrogens is 4. The van der Waals surface area contributed by atoms with Gasteiger partial charge in [-0.2, -0.15) is 5.10 Å². The van der Waals surface area contributed by atoms with E-state index in [0.29, 0.717) is 11.9 Å². The van der Waals surface area contributed by atoms with Crippen molar-refractivity contribution in [1.82, 2.24) is 19.7 Å². The first kappa shape index (κ1) is 11.6. The molecule has 1 N–H and O–H groups in total. The highest BCUT2D eigenvalue weighted by Crippen LogP contribution is 2.12. The Kier molecular flexibility index (Phi) is 3.37. The van der Waals surface area contributed by atoms with Crippen molar-refractivity contribution < 1.29 is 0 Å². The van der Waals surface area contributed by atoms with E-state index in [0.717, 1.165) is 17.9 Å². The third-order valence-corrected chi connectivity index (χ3v) is 2.24. The summed E-state index contributed by atoms with van der Waals surface area (Å²) in [6, 6.07) is 1.87. The summed E-state index contributed by atoms with van der Waals surface area (Å²) in [5.41, 5.74) is 1.85. The Labute approximate surface area is 101 Å². The summed E-state index contributed by atoms with van der Waals surface area (Å²) in [7, 11) is 0. The van der Waals surface area contributed by atoms with Crippen LogP contribution in [-0.4, -0.2) is 19.7 Å². The minimum atomic E-state index is 0.581. The van der Waals surface area contributed by atoms with Gasteiger partial charge < -0.3 is 5.32 Å². The zero-order chi connectivity index (χ0) is 12.3. The molecular weight excluding hydrogens is 214 g/mol. The highest BCUT2D eigenvalue weighted by molar-refractivity contribution is 5.50. The van der Waals surface area contributed by atoms with Crippen LogP contribution < -0.4 is 5.32 Å². The van der Waals surface area contributed by atoms with Gasteiger partial charge in [0.15, 0.2) is 0 Å². The molecule has 0 saturated heterocycles. The maximum absolute atomic E-state index is 4.28. The van der Waals surface area contributed by atoms with Gasteiger partial charge in [-0.3, -0.25) is 4.68 Å². The normalized spacial score (nSPS) is 10.8. The Morgan fingerprint density at radius 1 is 1.41 bits per heavy atom. The second-order valence-corrected chi connectivity index (χ2v) is 4.49. The van der Waals surface area contributed by atoms with E-state index in [9.17, 15) is 0 Å². The summed E-state index contributed by atoms with van der Waals surface area (Å²) in [6.07, 6.45) is 5.49. The van der Waals surface area contributed by atoms with Crippen molar-refractivity contribution in [1.29, 1.82) is 0 Å². The first-order chi connectivity index (χ1) is 8.13. The summed E-state index contributed by atoms with van der Waals surface area (Å²) in [5.74, 6) is 1.19. The molecule has 0 fully saturated rings. The van der Waals surface area contributed by atoms with Gasteiger partial charge in [0, 0.05) is 24.6 Å². The maximum Gasteiger partial charge on any atom is 0.227 e. The van der Waals surface area contributed by atoms with Gasteiger partial charge in [0.05, 0.1) is 11.9 Å². The Bertz CT molecular complexity index is 489. The van der Waals surface area contributed by atoms with Gasteiger partial charge in [-0.1, -0.05) is 13.8 Å². The number of rotatable bonds is 4. The zero-order valence-corrected chi connectivity index (χ0v) is 10.4. The number of nitrogens with zero attached hydrogens (tertiary/aromatic N) is 4. The Morgan fingerprint density at radius 3 is 2.94 bits per heavy atom. The molecule has 0 aromatic carbocycles. The maximum atomic E-state index is 4.28. The van der Waals surface area contributed by atoms with E-state index in [-0.39, 0.29) is 0 Å². The first-order valence-corrected chi connectivity index (χ1v) is 5.72. The Morgan fingerprint density at radius 2 is 2.24 bits per heavy atom. The molecule has 0 aliphatic heterocycles. The topological polar surface area (TPSA) is 55.6 Å². The van der Waals surface area contributed by atoms with Gasteiger partial charge in [0.25, 0.3) is 0 Å². The van der Waals surface area contributed by atoms with Crippen LogP contribution in [0.4, 0.5) is 11.6 Å². The van der Waals surface area contributed by atoms with E-state index < -0.39 is 0 Å². The van der Waals surface area contributed by atoms with Crippen LogP contribution >= 0.6 is 0 Å². The van der Waals surface area contributed by atoms with Gasteiger partial charge in [-0.15, -0.1) is 0 Å². The molecule has 0 atom stereocenters. The lowest BCUT2D eigenvalue weighted by Crippen LogP contribution is -2.04. The molecule has 0 spiro atoms. The molecule has 2 heterocycles. The molecule has 5 heteroatoms. The molecule has 0 amide bonds. The Hall–Kier alpha value is -1.91. The largest absolute Gasteiger partial charge is 0.321 e. The molecule has 5 nitrogen and oxygen atoms in total. The molecule has 2 aromatic rings. The smallest absolute Gasteiger partial charge is 0.227 e. The minimum Gasteiger partial charge on any atom is -0.321 e. The van der Waals surface area contributed by atoms with Gasteiger partial charge in [0.1, 0.15) is 0 Å². The fourth-order valence-corrected chi connectivity index (χ4v) is 1.54. The number of nitrogens with one attached hydrogen (secondary N) is 1. The molecular formula is C12H17N5. The quantitative estimate of drug-likeness (QED) is 0.877. The van der Waals surface area contributed by atoms with Crippen molar-refractivity contribution in [3.8, 4) is 0 Å². The first-order valence-electron chi connectivity index (χ1n) is 5.72. The third kappa shape index (κ3) is 3.27. The molecule has 0 bridgehead atoms. The minimum absolute atomic E-state index is 0.581. The van der Waals surface area contributed by atoms with Gasteiger partial charge >= 0.3 is 0 Å². The van der Waals surface area contributed by atoms with Crippen molar-refractivity contribution in [2.24, 2.45) is 5.92 Å². The van der Waals surface area contributed by atoms with Crippen LogP contribution in [0.1, 0.15) is 19.5 Å². The van der Waals surface area contributed by atoms with E-state index in [2.05, 4.69) is 34.2 Å². The van der Waals surface area contributed by atoms with Crippen LogP contribution in [-0.2, 0) is 6.54 Å². The summed E-state index contributed by atoms with van der Waals surface area (Å²) in [6.45, 7) is 7.18. The van der Waals surface area contributed by atoms with E-state index in [1.807, 2.05) is 23.9 Å². The molecule has 0 aliphatic rings. The molecule has 2 rings (SSSR count).